The minimum absolute atomic E-state index is 0.0506. The number of aryl methyl sites for hydroxylation is 2. The molecule has 0 radical (unpaired) electrons. The van der Waals surface area contributed by atoms with Crippen LogP contribution < -0.4 is 5.32 Å². The summed E-state index contributed by atoms with van der Waals surface area (Å²) in [6, 6.07) is 8.13. The van der Waals surface area contributed by atoms with E-state index in [9.17, 15) is 14.9 Å². The summed E-state index contributed by atoms with van der Waals surface area (Å²) >= 11 is 0. The second-order valence-corrected chi connectivity index (χ2v) is 5.49. The number of nitrogens with one attached hydrogen (secondary N) is 1. The van der Waals surface area contributed by atoms with Crippen molar-refractivity contribution in [2.45, 2.75) is 20.4 Å². The van der Waals surface area contributed by atoms with E-state index >= 15 is 0 Å². The summed E-state index contributed by atoms with van der Waals surface area (Å²) in [6.07, 6.45) is 0. The zero-order valence-electron chi connectivity index (χ0n) is 13.3. The molecule has 0 aliphatic rings. The molecule has 1 aromatic heterocycles. The molecule has 0 aliphatic heterocycles. The fraction of sp³-hybridized carbons (Fsp3) is 0.312. The van der Waals surface area contributed by atoms with Gasteiger partial charge in [-0.05, 0) is 38.6 Å². The van der Waals surface area contributed by atoms with E-state index < -0.39 is 4.92 Å². The van der Waals surface area contributed by atoms with Gasteiger partial charge in [0.05, 0.1) is 23.7 Å². The van der Waals surface area contributed by atoms with E-state index in [-0.39, 0.29) is 18.1 Å². The minimum atomic E-state index is -0.486. The van der Waals surface area contributed by atoms with Gasteiger partial charge in [0.25, 0.3) is 5.69 Å². The average molecular weight is 317 g/mol. The van der Waals surface area contributed by atoms with Gasteiger partial charge in [-0.2, -0.15) is 0 Å². The van der Waals surface area contributed by atoms with Crippen LogP contribution in [0.1, 0.15) is 17.1 Å². The van der Waals surface area contributed by atoms with Gasteiger partial charge in [0.15, 0.2) is 0 Å². The normalized spacial score (nSPS) is 10.8. The van der Waals surface area contributed by atoms with Crippen molar-refractivity contribution < 1.29 is 14.1 Å². The van der Waals surface area contributed by atoms with E-state index in [1.54, 1.807) is 24.9 Å². The molecule has 0 fully saturated rings. The zero-order valence-corrected chi connectivity index (χ0v) is 13.3. The Kier molecular flexibility index (Phi) is 5.13. The van der Waals surface area contributed by atoms with Crippen LogP contribution >= 0.6 is 0 Å². The van der Waals surface area contributed by atoms with E-state index in [1.165, 1.54) is 12.1 Å². The number of carbonyl (C=O) groups excluding carboxylic acids is 1. The topological polar surface area (TPSA) is 88.6 Å². The molecule has 0 saturated carbocycles. The lowest BCUT2D eigenvalue weighted by Crippen LogP contribution is -2.29. The van der Waals surface area contributed by atoms with Crippen molar-refractivity contribution in [3.05, 3.63) is 57.5 Å². The molecule has 23 heavy (non-hydrogen) atoms. The van der Waals surface area contributed by atoms with E-state index in [4.69, 9.17) is 4.42 Å². The Morgan fingerprint density at radius 1 is 1.30 bits per heavy atom. The maximum Gasteiger partial charge on any atom is 0.271 e. The number of anilines is 1. The molecule has 1 heterocycles. The van der Waals surface area contributed by atoms with Crippen molar-refractivity contribution in [3.63, 3.8) is 0 Å². The third-order valence-corrected chi connectivity index (χ3v) is 3.34. The van der Waals surface area contributed by atoms with Crippen LogP contribution in [-0.2, 0) is 11.3 Å². The molecule has 2 rings (SSSR count). The second-order valence-electron chi connectivity index (χ2n) is 5.49. The number of hydrogen-bond acceptors (Lipinski definition) is 5. The van der Waals surface area contributed by atoms with Crippen molar-refractivity contribution >= 4 is 17.3 Å². The number of furan rings is 1. The molecular formula is C16H19N3O4. The highest BCUT2D eigenvalue weighted by Crippen LogP contribution is 2.21. The SMILES string of the molecule is Cc1ccc(CN(C)CC(=O)Nc2cc([N+](=O)[O-])ccc2C)o1. The number of hydrogen-bond donors (Lipinski definition) is 1. The van der Waals surface area contributed by atoms with Crippen molar-refractivity contribution in [1.29, 1.82) is 0 Å². The smallest absolute Gasteiger partial charge is 0.271 e. The number of amides is 1. The maximum absolute atomic E-state index is 12.1. The molecule has 2 aromatic rings. The minimum Gasteiger partial charge on any atom is -0.465 e. The van der Waals surface area contributed by atoms with Gasteiger partial charge >= 0.3 is 0 Å². The Bertz CT molecular complexity index is 724. The maximum atomic E-state index is 12.1. The first-order chi connectivity index (χ1) is 10.8. The van der Waals surface area contributed by atoms with Crippen LogP contribution in [0, 0.1) is 24.0 Å². The summed E-state index contributed by atoms with van der Waals surface area (Å²) in [5, 5.41) is 13.5. The summed E-state index contributed by atoms with van der Waals surface area (Å²) in [6.45, 7) is 4.31. The Labute approximate surface area is 134 Å². The third-order valence-electron chi connectivity index (χ3n) is 3.34. The molecule has 0 spiro atoms. The van der Waals surface area contributed by atoms with Gasteiger partial charge in [-0.15, -0.1) is 0 Å². The van der Waals surface area contributed by atoms with E-state index in [0.717, 1.165) is 17.1 Å². The average Bonchev–Trinajstić information content (AvgIpc) is 2.85. The van der Waals surface area contributed by atoms with Crippen molar-refractivity contribution in [2.24, 2.45) is 0 Å². The number of nitro benzene ring substituents is 1. The molecule has 0 bridgehead atoms. The predicted octanol–water partition coefficient (Wildman–Crippen LogP) is 2.88. The quantitative estimate of drug-likeness (QED) is 0.653. The molecule has 0 aliphatic carbocycles. The van der Waals surface area contributed by atoms with Crippen molar-refractivity contribution in [2.75, 3.05) is 18.9 Å². The number of benzene rings is 1. The van der Waals surface area contributed by atoms with Crippen LogP contribution in [0.15, 0.2) is 34.7 Å². The van der Waals surface area contributed by atoms with Gasteiger partial charge in [0.2, 0.25) is 5.91 Å². The van der Waals surface area contributed by atoms with Crippen LogP contribution in [0.2, 0.25) is 0 Å². The molecule has 0 atom stereocenters. The van der Waals surface area contributed by atoms with E-state index in [1.807, 2.05) is 19.1 Å². The van der Waals surface area contributed by atoms with Crippen molar-refractivity contribution in [1.82, 2.24) is 4.90 Å². The van der Waals surface area contributed by atoms with Gasteiger partial charge in [-0.3, -0.25) is 19.8 Å². The molecular weight excluding hydrogens is 298 g/mol. The summed E-state index contributed by atoms with van der Waals surface area (Å²) in [5.41, 5.74) is 1.17. The standard InChI is InChI=1S/C16H19N3O4/c1-11-4-6-13(19(21)22)8-15(11)17-16(20)10-18(3)9-14-7-5-12(2)23-14/h4-8H,9-10H2,1-3H3,(H,17,20). The summed E-state index contributed by atoms with van der Waals surface area (Å²) in [4.78, 5) is 24.2. The fourth-order valence-electron chi connectivity index (χ4n) is 2.19. The van der Waals surface area contributed by atoms with Crippen LogP contribution in [0.25, 0.3) is 0 Å². The second kappa shape index (κ2) is 7.06. The largest absolute Gasteiger partial charge is 0.465 e. The van der Waals surface area contributed by atoms with Crippen LogP contribution in [-0.4, -0.2) is 29.3 Å². The molecule has 7 nitrogen and oxygen atoms in total. The Morgan fingerprint density at radius 2 is 2.04 bits per heavy atom. The number of carbonyl (C=O) groups is 1. The predicted molar refractivity (Wildman–Crippen MR) is 86.2 cm³/mol. The highest BCUT2D eigenvalue weighted by molar-refractivity contribution is 5.93. The number of likely N-dealkylation sites (N-methyl/N-ethyl adjacent to an activating group) is 1. The zero-order chi connectivity index (χ0) is 17.0. The molecule has 0 saturated heterocycles. The van der Waals surface area contributed by atoms with E-state index in [2.05, 4.69) is 5.32 Å². The highest BCUT2D eigenvalue weighted by atomic mass is 16.6. The number of nitro groups is 1. The van der Waals surface area contributed by atoms with E-state index in [0.29, 0.717) is 12.2 Å². The van der Waals surface area contributed by atoms with Crippen LogP contribution in [0.3, 0.4) is 0 Å². The van der Waals surface area contributed by atoms with Gasteiger partial charge in [-0.1, -0.05) is 6.07 Å². The summed E-state index contributed by atoms with van der Waals surface area (Å²) in [7, 11) is 1.80. The summed E-state index contributed by atoms with van der Waals surface area (Å²) in [5.74, 6) is 1.37. The Balaban J connectivity index is 1.96. The lowest BCUT2D eigenvalue weighted by Gasteiger charge is -2.15. The molecule has 0 unspecified atom stereocenters. The molecule has 7 heteroatoms. The van der Waals surface area contributed by atoms with Crippen LogP contribution in [0.4, 0.5) is 11.4 Å². The van der Waals surface area contributed by atoms with Gasteiger partial charge < -0.3 is 9.73 Å². The third kappa shape index (κ3) is 4.65. The van der Waals surface area contributed by atoms with Crippen LogP contribution in [0.5, 0.6) is 0 Å². The molecule has 1 amide bonds. The van der Waals surface area contributed by atoms with Crippen molar-refractivity contribution in [3.8, 4) is 0 Å². The Morgan fingerprint density at radius 3 is 2.65 bits per heavy atom. The summed E-state index contributed by atoms with van der Waals surface area (Å²) < 4.78 is 5.47. The molecule has 1 N–H and O–H groups in total. The molecule has 122 valence electrons. The highest BCUT2D eigenvalue weighted by Gasteiger charge is 2.13. The Hall–Kier alpha value is -2.67. The van der Waals surface area contributed by atoms with Gasteiger partial charge in [-0.25, -0.2) is 0 Å². The number of non-ortho nitro benzene ring substituents is 1. The number of rotatable bonds is 6. The lowest BCUT2D eigenvalue weighted by atomic mass is 10.2. The first kappa shape index (κ1) is 16.7. The number of nitrogens with zero attached hydrogens (tertiary/aromatic N) is 2. The first-order valence-corrected chi connectivity index (χ1v) is 7.14. The van der Waals surface area contributed by atoms with Gasteiger partial charge in [0, 0.05) is 12.1 Å². The van der Waals surface area contributed by atoms with Gasteiger partial charge in [0.1, 0.15) is 11.5 Å². The lowest BCUT2D eigenvalue weighted by molar-refractivity contribution is -0.384. The first-order valence-electron chi connectivity index (χ1n) is 7.14. The fourth-order valence-corrected chi connectivity index (χ4v) is 2.19. The molecule has 1 aromatic carbocycles. The monoisotopic (exact) mass is 317 g/mol.